The van der Waals surface area contributed by atoms with Crippen LogP contribution in [0.1, 0.15) is 59.8 Å². The second-order valence-corrected chi connectivity index (χ2v) is 6.86. The Morgan fingerprint density at radius 1 is 1.12 bits per heavy atom. The van der Waals surface area contributed by atoms with Gasteiger partial charge >= 0.3 is 0 Å². The Kier molecular flexibility index (Phi) is 2.73. The molecule has 1 aliphatic heterocycles. The molecule has 2 aliphatic rings. The summed E-state index contributed by atoms with van der Waals surface area (Å²) in [4.78, 5) is 0. The molecule has 0 N–H and O–H groups in total. The third kappa shape index (κ3) is 1.84. The smallest absolute Gasteiger partial charge is 0.0839 e. The Morgan fingerprint density at radius 3 is 2.44 bits per heavy atom. The summed E-state index contributed by atoms with van der Waals surface area (Å²) in [6, 6.07) is 0. The van der Waals surface area contributed by atoms with Gasteiger partial charge in [-0.1, -0.05) is 26.3 Å². The summed E-state index contributed by atoms with van der Waals surface area (Å²) in [5, 5.41) is 0. The normalized spacial score (nSPS) is 47.1. The van der Waals surface area contributed by atoms with Gasteiger partial charge in [0.15, 0.2) is 0 Å². The molecular weight excluding hydrogens is 196 g/mol. The number of ether oxygens (including phenoxy) is 1. The molecule has 0 aromatic carbocycles. The Balaban J connectivity index is 2.26. The van der Waals surface area contributed by atoms with Crippen LogP contribution in [0, 0.1) is 11.3 Å². The molecule has 0 unspecified atom stereocenters. The van der Waals surface area contributed by atoms with E-state index < -0.39 is 0 Å². The monoisotopic (exact) mass is 222 g/mol. The molecule has 0 aromatic heterocycles. The van der Waals surface area contributed by atoms with Crippen LogP contribution in [0.15, 0.2) is 12.7 Å². The fourth-order valence-corrected chi connectivity index (χ4v) is 4.05. The van der Waals surface area contributed by atoms with Crippen LogP contribution in [-0.4, -0.2) is 11.2 Å². The van der Waals surface area contributed by atoms with Gasteiger partial charge in [-0.3, -0.25) is 0 Å². The highest BCUT2D eigenvalue weighted by Gasteiger charge is 2.52. The molecule has 0 bridgehead atoms. The van der Waals surface area contributed by atoms with E-state index in [1.54, 1.807) is 0 Å². The van der Waals surface area contributed by atoms with Crippen molar-refractivity contribution in [2.45, 2.75) is 71.0 Å². The van der Waals surface area contributed by atoms with Crippen LogP contribution in [-0.2, 0) is 4.74 Å². The lowest BCUT2D eigenvalue weighted by atomic mass is 9.58. The van der Waals surface area contributed by atoms with Crippen molar-refractivity contribution in [2.24, 2.45) is 11.3 Å². The SMILES string of the molecule is C=C[C@]1(C)CC[C@H]2C(C)(C)CCC[C@]2(C)O1. The highest BCUT2D eigenvalue weighted by Crippen LogP contribution is 2.54. The van der Waals surface area contributed by atoms with Crippen molar-refractivity contribution in [1.82, 2.24) is 0 Å². The molecule has 2 rings (SSSR count). The first-order chi connectivity index (χ1) is 7.31. The molecule has 16 heavy (non-hydrogen) atoms. The summed E-state index contributed by atoms with van der Waals surface area (Å²) >= 11 is 0. The van der Waals surface area contributed by atoms with Gasteiger partial charge in [-0.2, -0.15) is 0 Å². The molecular formula is C15H26O. The summed E-state index contributed by atoms with van der Waals surface area (Å²) in [5.74, 6) is 0.710. The molecule has 0 amide bonds. The minimum absolute atomic E-state index is 0.0724. The molecule has 92 valence electrons. The largest absolute Gasteiger partial charge is 0.365 e. The average molecular weight is 222 g/mol. The fourth-order valence-electron chi connectivity index (χ4n) is 4.05. The summed E-state index contributed by atoms with van der Waals surface area (Å²) < 4.78 is 6.43. The van der Waals surface area contributed by atoms with Gasteiger partial charge in [-0.05, 0) is 50.9 Å². The van der Waals surface area contributed by atoms with Gasteiger partial charge in [0.05, 0.1) is 11.2 Å². The van der Waals surface area contributed by atoms with Crippen molar-refractivity contribution in [2.75, 3.05) is 0 Å². The van der Waals surface area contributed by atoms with Crippen molar-refractivity contribution in [1.29, 1.82) is 0 Å². The number of fused-ring (bicyclic) bond motifs is 1. The van der Waals surface area contributed by atoms with E-state index in [9.17, 15) is 0 Å². The van der Waals surface area contributed by atoms with Crippen LogP contribution in [0.25, 0.3) is 0 Å². The maximum absolute atomic E-state index is 6.43. The topological polar surface area (TPSA) is 9.23 Å². The molecule has 1 saturated carbocycles. The number of hydrogen-bond acceptors (Lipinski definition) is 1. The first-order valence-electron chi connectivity index (χ1n) is 6.65. The molecule has 1 saturated heterocycles. The van der Waals surface area contributed by atoms with Gasteiger partial charge in [-0.15, -0.1) is 6.58 Å². The minimum atomic E-state index is -0.0985. The first kappa shape index (κ1) is 12.2. The summed E-state index contributed by atoms with van der Waals surface area (Å²) in [6.07, 6.45) is 8.27. The molecule has 2 fully saturated rings. The highest BCUT2D eigenvalue weighted by molar-refractivity contribution is 5.07. The van der Waals surface area contributed by atoms with Crippen molar-refractivity contribution < 1.29 is 4.74 Å². The van der Waals surface area contributed by atoms with Crippen LogP contribution < -0.4 is 0 Å². The Morgan fingerprint density at radius 2 is 1.81 bits per heavy atom. The van der Waals surface area contributed by atoms with E-state index in [0.717, 1.165) is 6.42 Å². The lowest BCUT2D eigenvalue weighted by molar-refractivity contribution is -0.221. The van der Waals surface area contributed by atoms with E-state index in [0.29, 0.717) is 11.3 Å². The van der Waals surface area contributed by atoms with Gasteiger partial charge in [0, 0.05) is 0 Å². The van der Waals surface area contributed by atoms with Crippen molar-refractivity contribution >= 4 is 0 Å². The lowest BCUT2D eigenvalue weighted by Gasteiger charge is -2.57. The Bertz CT molecular complexity index is 294. The molecule has 1 heteroatoms. The third-order valence-corrected chi connectivity index (χ3v) is 5.00. The zero-order chi connectivity index (χ0) is 12.0. The Hall–Kier alpha value is -0.300. The molecule has 0 radical (unpaired) electrons. The van der Waals surface area contributed by atoms with Gasteiger partial charge in [0.25, 0.3) is 0 Å². The average Bonchev–Trinajstić information content (AvgIpc) is 2.15. The van der Waals surface area contributed by atoms with Gasteiger partial charge in [0.1, 0.15) is 0 Å². The molecule has 0 spiro atoms. The van der Waals surface area contributed by atoms with Crippen molar-refractivity contribution in [3.8, 4) is 0 Å². The maximum Gasteiger partial charge on any atom is 0.0839 e. The highest BCUT2D eigenvalue weighted by atomic mass is 16.5. The van der Waals surface area contributed by atoms with Gasteiger partial charge in [0.2, 0.25) is 0 Å². The van der Waals surface area contributed by atoms with E-state index in [1.807, 2.05) is 6.08 Å². The van der Waals surface area contributed by atoms with E-state index in [4.69, 9.17) is 4.74 Å². The summed E-state index contributed by atoms with van der Waals surface area (Å²) in [6.45, 7) is 13.3. The van der Waals surface area contributed by atoms with Crippen LogP contribution in [0.3, 0.4) is 0 Å². The summed E-state index contributed by atoms with van der Waals surface area (Å²) in [5.41, 5.74) is 0.414. The fraction of sp³-hybridized carbons (Fsp3) is 0.867. The van der Waals surface area contributed by atoms with Gasteiger partial charge < -0.3 is 4.74 Å². The Labute approximate surface area is 100 Å². The van der Waals surface area contributed by atoms with E-state index >= 15 is 0 Å². The molecule has 1 aliphatic carbocycles. The number of rotatable bonds is 1. The quantitative estimate of drug-likeness (QED) is 0.600. The number of hydrogen-bond donors (Lipinski definition) is 0. The van der Waals surface area contributed by atoms with E-state index in [1.165, 1.54) is 25.7 Å². The molecule has 0 aromatic rings. The van der Waals surface area contributed by atoms with Crippen LogP contribution >= 0.6 is 0 Å². The van der Waals surface area contributed by atoms with Crippen LogP contribution in [0.2, 0.25) is 0 Å². The zero-order valence-corrected chi connectivity index (χ0v) is 11.3. The molecule has 1 heterocycles. The van der Waals surface area contributed by atoms with Crippen molar-refractivity contribution in [3.05, 3.63) is 12.7 Å². The molecule has 1 nitrogen and oxygen atoms in total. The van der Waals surface area contributed by atoms with Gasteiger partial charge in [-0.25, -0.2) is 0 Å². The molecule has 3 atom stereocenters. The van der Waals surface area contributed by atoms with Crippen molar-refractivity contribution in [3.63, 3.8) is 0 Å². The standard InChI is InChI=1S/C15H26O/c1-6-14(4)11-8-12-13(2,3)9-7-10-15(12,5)16-14/h6,12H,1,7-11H2,2-5H3/t12-,14+,15-/m0/s1. The predicted octanol–water partition coefficient (Wildman–Crippen LogP) is 4.33. The second kappa shape index (κ2) is 3.60. The third-order valence-electron chi connectivity index (χ3n) is 5.00. The zero-order valence-electron chi connectivity index (χ0n) is 11.3. The van der Waals surface area contributed by atoms with Crippen LogP contribution in [0.4, 0.5) is 0 Å². The first-order valence-corrected chi connectivity index (χ1v) is 6.65. The second-order valence-electron chi connectivity index (χ2n) is 6.86. The minimum Gasteiger partial charge on any atom is -0.365 e. The van der Waals surface area contributed by atoms with Crippen LogP contribution in [0.5, 0.6) is 0 Å². The lowest BCUT2D eigenvalue weighted by Crippen LogP contribution is -2.56. The van der Waals surface area contributed by atoms with E-state index in [-0.39, 0.29) is 11.2 Å². The predicted molar refractivity (Wildman–Crippen MR) is 68.4 cm³/mol. The van der Waals surface area contributed by atoms with E-state index in [2.05, 4.69) is 34.3 Å². The summed E-state index contributed by atoms with van der Waals surface area (Å²) in [7, 11) is 0. The maximum atomic E-state index is 6.43.